The highest BCUT2D eigenvalue weighted by Gasteiger charge is 2.07. The number of carbonyl (C=O) groups excluding carboxylic acids is 1. The highest BCUT2D eigenvalue weighted by atomic mass is 79.9. The minimum Gasteiger partial charge on any atom is -0.493 e. The monoisotopic (exact) mass is 360 g/mol. The Bertz CT molecular complexity index is 671. The van der Waals surface area contributed by atoms with Crippen LogP contribution in [0.5, 0.6) is 5.75 Å². The van der Waals surface area contributed by atoms with E-state index in [2.05, 4.69) is 33.4 Å². The van der Waals surface area contributed by atoms with E-state index in [-0.39, 0.29) is 5.91 Å². The molecule has 1 N–H and O–H groups in total. The first-order valence-electron chi connectivity index (χ1n) is 7.02. The van der Waals surface area contributed by atoms with E-state index in [1.54, 1.807) is 18.3 Å². The molecule has 114 valence electrons. The van der Waals surface area contributed by atoms with Gasteiger partial charge in [-0.2, -0.15) is 5.10 Å². The zero-order valence-electron chi connectivity index (χ0n) is 12.3. The fourth-order valence-corrected chi connectivity index (χ4v) is 2.26. The minimum atomic E-state index is -0.268. The molecule has 0 spiro atoms. The predicted molar refractivity (Wildman–Crippen MR) is 91.4 cm³/mol. The van der Waals surface area contributed by atoms with E-state index in [4.69, 9.17) is 4.74 Å². The molecule has 2 aromatic rings. The van der Waals surface area contributed by atoms with Gasteiger partial charge in [0.05, 0.1) is 18.4 Å². The normalized spacial score (nSPS) is 10.6. The third-order valence-corrected chi connectivity index (χ3v) is 3.56. The zero-order chi connectivity index (χ0) is 15.8. The predicted octanol–water partition coefficient (Wildman–Crippen LogP) is 4.00. The Balaban J connectivity index is 2.04. The average molecular weight is 361 g/mol. The summed E-state index contributed by atoms with van der Waals surface area (Å²) >= 11 is 3.34. The summed E-state index contributed by atoms with van der Waals surface area (Å²) in [6, 6.07) is 14.8. The Labute approximate surface area is 138 Å². The molecule has 2 aromatic carbocycles. The number of carbonyl (C=O) groups is 1. The second-order valence-electron chi connectivity index (χ2n) is 4.57. The molecular weight excluding hydrogens is 344 g/mol. The lowest BCUT2D eigenvalue weighted by atomic mass is 10.2. The molecule has 0 saturated heterocycles. The van der Waals surface area contributed by atoms with Crippen molar-refractivity contribution < 1.29 is 9.53 Å². The first kappa shape index (κ1) is 16.2. The van der Waals surface area contributed by atoms with Gasteiger partial charge in [-0.1, -0.05) is 31.2 Å². The topological polar surface area (TPSA) is 50.7 Å². The third-order valence-electron chi connectivity index (χ3n) is 2.87. The number of hydrazone groups is 1. The van der Waals surface area contributed by atoms with Crippen LogP contribution in [-0.4, -0.2) is 18.7 Å². The van der Waals surface area contributed by atoms with Gasteiger partial charge in [-0.15, -0.1) is 0 Å². The van der Waals surface area contributed by atoms with Crippen LogP contribution >= 0.6 is 15.9 Å². The molecule has 0 fully saturated rings. The van der Waals surface area contributed by atoms with Gasteiger partial charge in [0.2, 0.25) is 0 Å². The summed E-state index contributed by atoms with van der Waals surface area (Å²) in [5.74, 6) is 0.485. The first-order valence-corrected chi connectivity index (χ1v) is 7.81. The maximum Gasteiger partial charge on any atom is 0.272 e. The van der Waals surface area contributed by atoms with Crippen LogP contribution in [0.15, 0.2) is 58.1 Å². The van der Waals surface area contributed by atoms with E-state index in [0.29, 0.717) is 12.2 Å². The van der Waals surface area contributed by atoms with Crippen molar-refractivity contribution in [2.45, 2.75) is 13.3 Å². The van der Waals surface area contributed by atoms with Gasteiger partial charge in [0.25, 0.3) is 5.91 Å². The molecular formula is C17H17BrN2O2. The van der Waals surface area contributed by atoms with Crippen molar-refractivity contribution in [2.75, 3.05) is 6.61 Å². The lowest BCUT2D eigenvalue weighted by Crippen LogP contribution is -2.18. The molecule has 0 aromatic heterocycles. The molecule has 0 saturated carbocycles. The summed E-state index contributed by atoms with van der Waals surface area (Å²) in [7, 11) is 0. The maximum atomic E-state index is 12.0. The Hall–Kier alpha value is -2.14. The summed E-state index contributed by atoms with van der Waals surface area (Å²) < 4.78 is 6.37. The van der Waals surface area contributed by atoms with E-state index < -0.39 is 0 Å². The Morgan fingerprint density at radius 3 is 2.73 bits per heavy atom. The molecule has 5 heteroatoms. The summed E-state index contributed by atoms with van der Waals surface area (Å²) in [6.07, 6.45) is 2.52. The van der Waals surface area contributed by atoms with Gasteiger partial charge in [-0.05, 0) is 46.6 Å². The summed E-state index contributed by atoms with van der Waals surface area (Å²) in [4.78, 5) is 12.0. The highest BCUT2D eigenvalue weighted by molar-refractivity contribution is 9.10. The van der Waals surface area contributed by atoms with E-state index >= 15 is 0 Å². The Morgan fingerprint density at radius 2 is 1.95 bits per heavy atom. The van der Waals surface area contributed by atoms with Gasteiger partial charge in [-0.25, -0.2) is 5.43 Å². The van der Waals surface area contributed by atoms with E-state index in [0.717, 1.165) is 22.2 Å². The standard InChI is InChI=1S/C17H17BrN2O2/c1-2-11-22-16-10-6-3-7-13(16)12-19-20-17(21)14-8-4-5-9-15(14)18/h3-10,12H,2,11H2,1H3,(H,20,21)/b19-12-. The molecule has 0 aliphatic carbocycles. The molecule has 0 aliphatic rings. The lowest BCUT2D eigenvalue weighted by Gasteiger charge is -2.07. The van der Waals surface area contributed by atoms with Crippen LogP contribution in [0.3, 0.4) is 0 Å². The van der Waals surface area contributed by atoms with Gasteiger partial charge < -0.3 is 4.74 Å². The van der Waals surface area contributed by atoms with Crippen molar-refractivity contribution in [3.8, 4) is 5.75 Å². The number of hydrogen-bond acceptors (Lipinski definition) is 3. The van der Waals surface area contributed by atoms with Crippen molar-refractivity contribution >= 4 is 28.1 Å². The number of nitrogens with one attached hydrogen (secondary N) is 1. The van der Waals surface area contributed by atoms with Crippen molar-refractivity contribution in [1.82, 2.24) is 5.43 Å². The van der Waals surface area contributed by atoms with E-state index in [9.17, 15) is 4.79 Å². The third kappa shape index (κ3) is 4.43. The van der Waals surface area contributed by atoms with E-state index in [1.807, 2.05) is 36.4 Å². The SMILES string of the molecule is CCCOc1ccccc1/C=N\NC(=O)c1ccccc1Br. The molecule has 4 nitrogen and oxygen atoms in total. The molecule has 0 atom stereocenters. The van der Waals surface area contributed by atoms with Crippen LogP contribution in [0.1, 0.15) is 29.3 Å². The number of nitrogens with zero attached hydrogens (tertiary/aromatic N) is 1. The number of amides is 1. The number of benzene rings is 2. The van der Waals surface area contributed by atoms with Gasteiger partial charge >= 0.3 is 0 Å². The first-order chi connectivity index (χ1) is 10.7. The highest BCUT2D eigenvalue weighted by Crippen LogP contribution is 2.17. The fraction of sp³-hybridized carbons (Fsp3) is 0.176. The second kappa shape index (κ2) is 8.34. The molecule has 0 aliphatic heterocycles. The maximum absolute atomic E-state index is 12.0. The molecule has 1 amide bonds. The van der Waals surface area contributed by atoms with Crippen molar-refractivity contribution in [3.05, 3.63) is 64.1 Å². The van der Waals surface area contributed by atoms with Crippen LogP contribution in [0, 0.1) is 0 Å². The average Bonchev–Trinajstić information content (AvgIpc) is 2.54. The van der Waals surface area contributed by atoms with Gasteiger partial charge in [0.15, 0.2) is 0 Å². The molecule has 22 heavy (non-hydrogen) atoms. The Kier molecular flexibility index (Phi) is 6.15. The number of ether oxygens (including phenoxy) is 1. The fourth-order valence-electron chi connectivity index (χ4n) is 1.80. The summed E-state index contributed by atoms with van der Waals surface area (Å²) in [6.45, 7) is 2.70. The lowest BCUT2D eigenvalue weighted by molar-refractivity contribution is 0.0954. The van der Waals surface area contributed by atoms with Crippen molar-refractivity contribution in [2.24, 2.45) is 5.10 Å². The molecule has 0 unspecified atom stereocenters. The quantitative estimate of drug-likeness (QED) is 0.625. The molecule has 2 rings (SSSR count). The minimum absolute atomic E-state index is 0.268. The second-order valence-corrected chi connectivity index (χ2v) is 5.42. The van der Waals surface area contributed by atoms with Crippen molar-refractivity contribution in [3.63, 3.8) is 0 Å². The summed E-state index contributed by atoms with van der Waals surface area (Å²) in [5, 5.41) is 4.00. The number of halogens is 1. The largest absolute Gasteiger partial charge is 0.493 e. The molecule has 0 radical (unpaired) electrons. The van der Waals surface area contributed by atoms with Crippen LogP contribution in [-0.2, 0) is 0 Å². The molecule has 0 heterocycles. The number of para-hydroxylation sites is 1. The molecule has 0 bridgehead atoms. The number of hydrogen-bond donors (Lipinski definition) is 1. The van der Waals surface area contributed by atoms with Gasteiger partial charge in [0.1, 0.15) is 5.75 Å². The van der Waals surface area contributed by atoms with Crippen LogP contribution in [0.25, 0.3) is 0 Å². The van der Waals surface area contributed by atoms with Crippen molar-refractivity contribution in [1.29, 1.82) is 0 Å². The number of rotatable bonds is 6. The van der Waals surface area contributed by atoms with Crippen LogP contribution in [0.4, 0.5) is 0 Å². The smallest absolute Gasteiger partial charge is 0.272 e. The van der Waals surface area contributed by atoms with Gasteiger partial charge in [-0.3, -0.25) is 4.79 Å². The van der Waals surface area contributed by atoms with Crippen LogP contribution in [0.2, 0.25) is 0 Å². The summed E-state index contributed by atoms with van der Waals surface area (Å²) in [5.41, 5.74) is 3.88. The van der Waals surface area contributed by atoms with Gasteiger partial charge in [0, 0.05) is 10.0 Å². The zero-order valence-corrected chi connectivity index (χ0v) is 13.8. The van der Waals surface area contributed by atoms with E-state index in [1.165, 1.54) is 0 Å². The van der Waals surface area contributed by atoms with Crippen LogP contribution < -0.4 is 10.2 Å². The Morgan fingerprint density at radius 1 is 1.23 bits per heavy atom.